The second-order valence-corrected chi connectivity index (χ2v) is 8.54. The van der Waals surface area contributed by atoms with E-state index in [1.54, 1.807) is 23.1 Å². The molecule has 1 unspecified atom stereocenters. The first-order valence-corrected chi connectivity index (χ1v) is 9.88. The van der Waals surface area contributed by atoms with Gasteiger partial charge in [0.05, 0.1) is 10.6 Å². The lowest BCUT2D eigenvalue weighted by atomic mass is 10.0. The van der Waals surface area contributed by atoms with Gasteiger partial charge in [0.15, 0.2) is 0 Å². The number of nitrogens with two attached hydrogens (primary N) is 1. The van der Waals surface area contributed by atoms with Gasteiger partial charge in [-0.25, -0.2) is 0 Å². The monoisotopic (exact) mass is 373 g/mol. The van der Waals surface area contributed by atoms with Gasteiger partial charge in [-0.2, -0.15) is 0 Å². The maximum absolute atomic E-state index is 10.3. The van der Waals surface area contributed by atoms with Crippen molar-refractivity contribution in [2.24, 2.45) is 5.73 Å². The number of carbonyl (C=O) groups is 1. The Kier molecular flexibility index (Phi) is 7.50. The fourth-order valence-corrected chi connectivity index (χ4v) is 4.42. The summed E-state index contributed by atoms with van der Waals surface area (Å²) in [6.45, 7) is 3.93. The highest BCUT2D eigenvalue weighted by Crippen LogP contribution is 2.28. The minimum atomic E-state index is -0.730. The summed E-state index contributed by atoms with van der Waals surface area (Å²) in [7, 11) is 0. The average Bonchev–Trinajstić information content (AvgIpc) is 3.07. The first-order chi connectivity index (χ1) is 12.0. The van der Waals surface area contributed by atoms with Crippen LogP contribution in [0.2, 0.25) is 0 Å². The highest BCUT2D eigenvalue weighted by Gasteiger charge is 2.09. The summed E-state index contributed by atoms with van der Waals surface area (Å²) in [5, 5.41) is 13.2. The number of rotatable bonds is 5. The van der Waals surface area contributed by atoms with Crippen molar-refractivity contribution in [1.82, 2.24) is 0 Å². The van der Waals surface area contributed by atoms with Gasteiger partial charge in [0.25, 0.3) is 0 Å². The Morgan fingerprint density at radius 3 is 2.44 bits per heavy atom. The van der Waals surface area contributed by atoms with Gasteiger partial charge >= 0.3 is 5.97 Å². The molecule has 3 N–H and O–H groups in total. The molecule has 0 fully saturated rings. The van der Waals surface area contributed by atoms with Crippen LogP contribution >= 0.6 is 23.1 Å². The summed E-state index contributed by atoms with van der Waals surface area (Å²) in [6, 6.07) is 18.8. The molecule has 1 aromatic heterocycles. The molecule has 2 aromatic carbocycles. The van der Waals surface area contributed by atoms with E-state index < -0.39 is 5.97 Å². The number of fused-ring (bicyclic) bond motifs is 1. The predicted octanol–water partition coefficient (Wildman–Crippen LogP) is 5.56. The molecule has 0 bridgehead atoms. The highest BCUT2D eigenvalue weighted by atomic mass is 32.2. The third kappa shape index (κ3) is 6.53. The number of hydrogen-bond acceptors (Lipinski definition) is 4. The largest absolute Gasteiger partial charge is 0.481 e. The van der Waals surface area contributed by atoms with Gasteiger partial charge < -0.3 is 10.8 Å². The van der Waals surface area contributed by atoms with Crippen molar-refractivity contribution in [2.75, 3.05) is 0 Å². The molecule has 0 saturated carbocycles. The lowest BCUT2D eigenvalue weighted by molar-refractivity contribution is -0.136. The van der Waals surface area contributed by atoms with Crippen molar-refractivity contribution in [1.29, 1.82) is 0 Å². The second-order valence-electron chi connectivity index (χ2n) is 5.85. The molecule has 2 atom stereocenters. The van der Waals surface area contributed by atoms with Crippen LogP contribution in [0.4, 0.5) is 0 Å². The summed E-state index contributed by atoms with van der Waals surface area (Å²) in [5.74, 6) is -0.730. The molecule has 0 amide bonds. The van der Waals surface area contributed by atoms with E-state index in [4.69, 9.17) is 10.8 Å². The molecule has 3 nitrogen and oxygen atoms in total. The lowest BCUT2D eigenvalue weighted by Gasteiger charge is -2.06. The Labute approximate surface area is 156 Å². The van der Waals surface area contributed by atoms with Crippen molar-refractivity contribution in [3.63, 3.8) is 0 Å². The van der Waals surface area contributed by atoms with Gasteiger partial charge in [0.1, 0.15) is 0 Å². The standard InChI is InChI=1S/C12H13N.C8H10O2S2/c1-9(13)11-7-6-10-4-2-3-5-12(10)8-11;1-6(5-7(9)10)12-8-3-2-4-11-8/h2-9H,13H2,1H3;2-4,6H,5H2,1H3,(H,9,10)/t;6-/m.1/s1. The normalized spacial score (nSPS) is 12.9. The van der Waals surface area contributed by atoms with Gasteiger partial charge in [-0.3, -0.25) is 4.79 Å². The molecule has 3 rings (SSSR count). The predicted molar refractivity (Wildman–Crippen MR) is 108 cm³/mol. The Bertz CT molecular complexity index is 800. The number of carboxylic acid groups (broad SMARTS) is 1. The Morgan fingerprint density at radius 1 is 1.12 bits per heavy atom. The van der Waals surface area contributed by atoms with Gasteiger partial charge in [0, 0.05) is 11.3 Å². The van der Waals surface area contributed by atoms with Crippen molar-refractivity contribution >= 4 is 39.8 Å². The molecule has 0 radical (unpaired) electrons. The van der Waals surface area contributed by atoms with E-state index in [1.165, 1.54) is 20.5 Å². The van der Waals surface area contributed by atoms with Crippen LogP contribution in [0.5, 0.6) is 0 Å². The number of aliphatic carboxylic acids is 1. The molecule has 132 valence electrons. The Balaban J connectivity index is 0.000000181. The third-order valence-corrected chi connectivity index (χ3v) is 5.75. The Morgan fingerprint density at radius 2 is 1.84 bits per heavy atom. The van der Waals surface area contributed by atoms with Crippen LogP contribution in [0.25, 0.3) is 10.8 Å². The van der Waals surface area contributed by atoms with Gasteiger partial charge in [-0.15, -0.1) is 23.1 Å². The zero-order chi connectivity index (χ0) is 18.2. The molecule has 25 heavy (non-hydrogen) atoms. The second kappa shape index (κ2) is 9.61. The molecule has 1 heterocycles. The number of hydrogen-bond donors (Lipinski definition) is 2. The van der Waals surface area contributed by atoms with E-state index >= 15 is 0 Å². The summed E-state index contributed by atoms with van der Waals surface area (Å²) in [6.07, 6.45) is 0.225. The van der Waals surface area contributed by atoms with E-state index in [2.05, 4.69) is 30.3 Å². The van der Waals surface area contributed by atoms with Crippen LogP contribution in [0.15, 0.2) is 64.2 Å². The minimum Gasteiger partial charge on any atom is -0.481 e. The highest BCUT2D eigenvalue weighted by molar-refractivity contribution is 8.01. The summed E-state index contributed by atoms with van der Waals surface area (Å²) < 4.78 is 1.18. The number of carboxylic acids is 1. The van der Waals surface area contributed by atoms with E-state index in [9.17, 15) is 4.79 Å². The molecular weight excluding hydrogens is 350 g/mol. The quantitative estimate of drug-likeness (QED) is 0.575. The zero-order valence-corrected chi connectivity index (χ0v) is 16.0. The summed E-state index contributed by atoms with van der Waals surface area (Å²) in [4.78, 5) is 10.3. The number of thiophene rings is 1. The van der Waals surface area contributed by atoms with Crippen LogP contribution in [-0.4, -0.2) is 16.3 Å². The molecule has 3 aromatic rings. The zero-order valence-electron chi connectivity index (χ0n) is 14.4. The van der Waals surface area contributed by atoms with Crippen LogP contribution in [0, 0.1) is 0 Å². The fraction of sp³-hybridized carbons (Fsp3) is 0.250. The minimum absolute atomic E-state index is 0.115. The number of benzene rings is 2. The smallest absolute Gasteiger partial charge is 0.304 e. The van der Waals surface area contributed by atoms with Crippen LogP contribution in [0.1, 0.15) is 31.9 Å². The topological polar surface area (TPSA) is 63.3 Å². The maximum atomic E-state index is 10.3. The van der Waals surface area contributed by atoms with Crippen molar-refractivity contribution in [3.05, 3.63) is 65.5 Å². The fourth-order valence-electron chi connectivity index (χ4n) is 2.31. The van der Waals surface area contributed by atoms with Gasteiger partial charge in [-0.1, -0.05) is 49.4 Å². The van der Waals surface area contributed by atoms with Crippen LogP contribution in [0.3, 0.4) is 0 Å². The van der Waals surface area contributed by atoms with Crippen molar-refractivity contribution in [2.45, 2.75) is 35.8 Å². The van der Waals surface area contributed by atoms with E-state index in [-0.39, 0.29) is 17.7 Å². The average molecular weight is 374 g/mol. The number of thioether (sulfide) groups is 1. The van der Waals surface area contributed by atoms with E-state index in [0.717, 1.165) is 0 Å². The molecule has 0 aliphatic rings. The van der Waals surface area contributed by atoms with Crippen LogP contribution in [-0.2, 0) is 4.79 Å². The van der Waals surface area contributed by atoms with Crippen molar-refractivity contribution in [3.8, 4) is 0 Å². The van der Waals surface area contributed by atoms with E-state index in [1.807, 2.05) is 43.5 Å². The molecule has 5 heteroatoms. The third-order valence-electron chi connectivity index (χ3n) is 3.57. The molecule has 0 spiro atoms. The van der Waals surface area contributed by atoms with E-state index in [0.29, 0.717) is 0 Å². The lowest BCUT2D eigenvalue weighted by Crippen LogP contribution is -2.04. The summed E-state index contributed by atoms with van der Waals surface area (Å²) >= 11 is 3.26. The Hall–Kier alpha value is -1.82. The molecular formula is C20H23NO2S2. The SMILES string of the molecule is CC(N)c1ccc2ccccc2c1.C[C@H](CC(=O)O)Sc1cccs1. The molecule has 0 aliphatic carbocycles. The first-order valence-electron chi connectivity index (χ1n) is 8.12. The molecule has 0 saturated heterocycles. The van der Waals surface area contributed by atoms with Gasteiger partial charge in [-0.05, 0) is 40.8 Å². The van der Waals surface area contributed by atoms with Crippen LogP contribution < -0.4 is 5.73 Å². The van der Waals surface area contributed by atoms with Gasteiger partial charge in [0.2, 0.25) is 0 Å². The first kappa shape index (κ1) is 19.5. The van der Waals surface area contributed by atoms with Crippen molar-refractivity contribution < 1.29 is 9.90 Å². The summed E-state index contributed by atoms with van der Waals surface area (Å²) in [5.41, 5.74) is 7.00. The molecule has 0 aliphatic heterocycles. The maximum Gasteiger partial charge on any atom is 0.304 e.